The van der Waals surface area contributed by atoms with Gasteiger partial charge in [0.1, 0.15) is 13.6 Å². The second-order valence-corrected chi connectivity index (χ2v) is 3.59. The van der Waals surface area contributed by atoms with Gasteiger partial charge in [-0.1, -0.05) is 11.5 Å². The van der Waals surface area contributed by atoms with Crippen LogP contribution < -0.4 is 15.8 Å². The fourth-order valence-corrected chi connectivity index (χ4v) is 1.76. The lowest BCUT2D eigenvalue weighted by molar-refractivity contribution is 0.419. The summed E-state index contributed by atoms with van der Waals surface area (Å²) in [6.07, 6.45) is 1.77. The molecule has 2 aromatic rings. The molecule has 1 heterocycles. The van der Waals surface area contributed by atoms with Gasteiger partial charge in [0.25, 0.3) is 5.56 Å². The number of hydrogen-bond acceptors (Lipinski definition) is 2. The van der Waals surface area contributed by atoms with E-state index in [0.717, 1.165) is 5.39 Å². The number of fused-ring (bicyclic) bond motifs is 1. The number of pyridine rings is 1. The minimum absolute atomic E-state index is 0.0155. The molecule has 3 nitrogen and oxygen atoms in total. The predicted molar refractivity (Wildman–Crippen MR) is 65.8 cm³/mol. The van der Waals surface area contributed by atoms with Crippen molar-refractivity contribution in [2.24, 2.45) is 0 Å². The van der Waals surface area contributed by atoms with Crippen LogP contribution in [0.5, 0.6) is 5.75 Å². The van der Waals surface area contributed by atoms with E-state index in [4.69, 9.17) is 12.6 Å². The Bertz CT molecular complexity index is 589. The lowest BCUT2D eigenvalue weighted by Gasteiger charge is -2.08. The fourth-order valence-electron chi connectivity index (χ4n) is 1.76. The molecule has 0 fully saturated rings. The van der Waals surface area contributed by atoms with Crippen LogP contribution >= 0.6 is 0 Å². The van der Waals surface area contributed by atoms with Gasteiger partial charge < -0.3 is 9.30 Å². The van der Waals surface area contributed by atoms with Gasteiger partial charge >= 0.3 is 0 Å². The van der Waals surface area contributed by atoms with Gasteiger partial charge in [0.05, 0.1) is 12.5 Å². The molecule has 2 radical (unpaired) electrons. The van der Waals surface area contributed by atoms with Crippen molar-refractivity contribution in [1.29, 1.82) is 0 Å². The highest BCUT2D eigenvalue weighted by atomic mass is 16.5. The van der Waals surface area contributed by atoms with E-state index in [-0.39, 0.29) is 5.56 Å². The van der Waals surface area contributed by atoms with Crippen LogP contribution in [0, 0.1) is 0 Å². The first-order valence-corrected chi connectivity index (χ1v) is 5.14. The quantitative estimate of drug-likeness (QED) is 0.691. The van der Waals surface area contributed by atoms with Crippen molar-refractivity contribution in [2.45, 2.75) is 13.5 Å². The Labute approximate surface area is 95.1 Å². The van der Waals surface area contributed by atoms with Gasteiger partial charge in [-0.3, -0.25) is 4.79 Å². The van der Waals surface area contributed by atoms with Crippen molar-refractivity contribution in [1.82, 2.24) is 4.57 Å². The maximum atomic E-state index is 12.0. The lowest BCUT2D eigenvalue weighted by atomic mass is 9.92. The first-order chi connectivity index (χ1) is 7.67. The van der Waals surface area contributed by atoms with Crippen LogP contribution in [0.3, 0.4) is 0 Å². The molecule has 0 aliphatic heterocycles. The van der Waals surface area contributed by atoms with Gasteiger partial charge in [0.15, 0.2) is 0 Å². The smallest absolute Gasteiger partial charge is 0.258 e. The molecule has 0 amide bonds. The highest BCUT2D eigenvalue weighted by Crippen LogP contribution is 2.14. The van der Waals surface area contributed by atoms with E-state index in [9.17, 15) is 4.79 Å². The van der Waals surface area contributed by atoms with Crippen molar-refractivity contribution >= 4 is 24.1 Å². The number of ether oxygens (including phenoxy) is 1. The summed E-state index contributed by atoms with van der Waals surface area (Å²) in [4.78, 5) is 12.0. The zero-order valence-electron chi connectivity index (χ0n) is 9.36. The maximum absolute atomic E-state index is 12.0. The summed E-state index contributed by atoms with van der Waals surface area (Å²) in [5, 5.41) is 1.48. The summed E-state index contributed by atoms with van der Waals surface area (Å²) in [5.74, 6) is 0.540. The minimum Gasteiger partial charge on any atom is -0.497 e. The highest BCUT2D eigenvalue weighted by Gasteiger charge is 2.05. The topological polar surface area (TPSA) is 31.2 Å². The van der Waals surface area contributed by atoms with Gasteiger partial charge in [0.2, 0.25) is 0 Å². The van der Waals surface area contributed by atoms with Crippen LogP contribution in [0.25, 0.3) is 10.8 Å². The van der Waals surface area contributed by atoms with E-state index in [0.29, 0.717) is 23.1 Å². The summed E-state index contributed by atoms with van der Waals surface area (Å²) in [6.45, 7) is 2.59. The average Bonchev–Trinajstić information content (AvgIpc) is 2.29. The van der Waals surface area contributed by atoms with Gasteiger partial charge in [0, 0.05) is 12.7 Å². The first kappa shape index (κ1) is 10.8. The van der Waals surface area contributed by atoms with E-state index in [2.05, 4.69) is 0 Å². The van der Waals surface area contributed by atoms with Crippen LogP contribution in [0.15, 0.2) is 29.2 Å². The third kappa shape index (κ3) is 1.60. The number of aryl methyl sites for hydroxylation is 1. The van der Waals surface area contributed by atoms with Crippen molar-refractivity contribution in [3.63, 3.8) is 0 Å². The van der Waals surface area contributed by atoms with E-state index < -0.39 is 0 Å². The number of rotatable bonds is 2. The van der Waals surface area contributed by atoms with Crippen molar-refractivity contribution < 1.29 is 4.74 Å². The molecule has 0 spiro atoms. The molecular weight excluding hydrogens is 201 g/mol. The molecule has 0 saturated carbocycles. The number of methoxy groups -OCH3 is 1. The Morgan fingerprint density at radius 3 is 2.81 bits per heavy atom. The molecule has 80 valence electrons. The molecule has 0 atom stereocenters. The van der Waals surface area contributed by atoms with E-state index in [1.165, 1.54) is 0 Å². The monoisotopic (exact) mass is 213 g/mol. The van der Waals surface area contributed by atoms with Crippen LogP contribution in [0.1, 0.15) is 6.92 Å². The fraction of sp³-hybridized carbons (Fsp3) is 0.250. The Balaban J connectivity index is 2.82. The molecule has 0 saturated heterocycles. The number of hydrogen-bond donors (Lipinski definition) is 0. The summed E-state index contributed by atoms with van der Waals surface area (Å²) >= 11 is 0. The molecule has 0 unspecified atom stereocenters. The molecule has 0 aliphatic rings. The molecule has 16 heavy (non-hydrogen) atoms. The van der Waals surface area contributed by atoms with Crippen molar-refractivity contribution in [3.8, 4) is 5.75 Å². The van der Waals surface area contributed by atoms with Gasteiger partial charge in [-0.2, -0.15) is 0 Å². The highest BCUT2D eigenvalue weighted by molar-refractivity contribution is 6.35. The SMILES string of the molecule is [B]c1cc2ccn(CC)c(=O)c2cc1OC. The average molecular weight is 213 g/mol. The number of aromatic nitrogens is 1. The van der Waals surface area contributed by atoms with Crippen LogP contribution in [-0.2, 0) is 6.54 Å². The Kier molecular flexibility index (Phi) is 2.73. The number of benzene rings is 1. The van der Waals surface area contributed by atoms with E-state index >= 15 is 0 Å². The molecule has 0 aliphatic carbocycles. The Morgan fingerprint density at radius 2 is 2.19 bits per heavy atom. The third-order valence-electron chi connectivity index (χ3n) is 2.67. The molecule has 4 heteroatoms. The zero-order valence-corrected chi connectivity index (χ0v) is 9.36. The van der Waals surface area contributed by atoms with Crippen molar-refractivity contribution in [2.75, 3.05) is 7.11 Å². The molecule has 0 N–H and O–H groups in total. The summed E-state index contributed by atoms with van der Waals surface area (Å²) in [5.41, 5.74) is 0.530. The van der Waals surface area contributed by atoms with E-state index in [1.54, 1.807) is 30.0 Å². The predicted octanol–water partition coefficient (Wildman–Crippen LogP) is 0.824. The molecule has 2 rings (SSSR count). The van der Waals surface area contributed by atoms with Gasteiger partial charge in [-0.25, -0.2) is 0 Å². The summed E-state index contributed by atoms with van der Waals surface area (Å²) in [7, 11) is 7.32. The van der Waals surface area contributed by atoms with Gasteiger partial charge in [-0.05, 0) is 24.4 Å². The molecule has 1 aromatic carbocycles. The normalized spacial score (nSPS) is 10.6. The summed E-state index contributed by atoms with van der Waals surface area (Å²) in [6, 6.07) is 5.34. The van der Waals surface area contributed by atoms with Crippen LogP contribution in [0.2, 0.25) is 0 Å². The standard InChI is InChI=1S/C12H12BNO2/c1-3-14-5-4-8-6-10(13)11(16-2)7-9(8)12(14)15/h4-7H,3H2,1-2H3. The molecule has 0 bridgehead atoms. The Morgan fingerprint density at radius 1 is 1.44 bits per heavy atom. The molecular formula is C12H12BNO2. The third-order valence-corrected chi connectivity index (χ3v) is 2.67. The van der Waals surface area contributed by atoms with Crippen molar-refractivity contribution in [3.05, 3.63) is 34.7 Å². The summed E-state index contributed by atoms with van der Waals surface area (Å²) < 4.78 is 6.76. The number of nitrogens with zero attached hydrogens (tertiary/aromatic N) is 1. The van der Waals surface area contributed by atoms with Crippen LogP contribution in [-0.4, -0.2) is 19.5 Å². The maximum Gasteiger partial charge on any atom is 0.258 e. The molecule has 1 aromatic heterocycles. The van der Waals surface area contributed by atoms with Gasteiger partial charge in [-0.15, -0.1) is 0 Å². The largest absolute Gasteiger partial charge is 0.497 e. The second kappa shape index (κ2) is 4.04. The van der Waals surface area contributed by atoms with Crippen LogP contribution in [0.4, 0.5) is 0 Å². The Hall–Kier alpha value is -1.71. The lowest BCUT2D eigenvalue weighted by Crippen LogP contribution is -2.19. The zero-order chi connectivity index (χ0) is 11.7. The second-order valence-electron chi connectivity index (χ2n) is 3.59. The van der Waals surface area contributed by atoms with E-state index in [1.807, 2.05) is 13.0 Å². The minimum atomic E-state index is -0.0155. The first-order valence-electron chi connectivity index (χ1n) is 5.14.